The molecule has 0 aliphatic rings. The van der Waals surface area contributed by atoms with E-state index < -0.39 is 10.0 Å². The Morgan fingerprint density at radius 3 is 2.32 bits per heavy atom. The number of sulfonamides is 1. The maximum atomic E-state index is 12.6. The van der Waals surface area contributed by atoms with Crippen molar-refractivity contribution in [3.05, 3.63) is 36.0 Å². The minimum absolute atomic E-state index is 0.245. The van der Waals surface area contributed by atoms with Gasteiger partial charge in [-0.3, -0.25) is 0 Å². The second-order valence-electron chi connectivity index (χ2n) is 4.54. The van der Waals surface area contributed by atoms with Crippen LogP contribution >= 0.6 is 0 Å². The highest BCUT2D eigenvalue weighted by molar-refractivity contribution is 7.92. The largest absolute Gasteiger partial charge is 0.265 e. The maximum Gasteiger partial charge on any atom is 0.265 e. The molecule has 0 saturated carbocycles. The highest BCUT2D eigenvalue weighted by atomic mass is 32.2. The fourth-order valence-corrected chi connectivity index (χ4v) is 3.39. The van der Waals surface area contributed by atoms with Crippen LogP contribution in [0.25, 0.3) is 0 Å². The molecule has 1 aromatic carbocycles. The van der Waals surface area contributed by atoms with Crippen LogP contribution in [0, 0.1) is 6.92 Å². The third kappa shape index (κ3) is 2.60. The van der Waals surface area contributed by atoms with Gasteiger partial charge in [-0.1, -0.05) is 17.7 Å². The van der Waals surface area contributed by atoms with E-state index in [4.69, 9.17) is 0 Å². The summed E-state index contributed by atoms with van der Waals surface area (Å²) < 4.78 is 26.5. The molecule has 0 radical (unpaired) electrons. The first-order chi connectivity index (χ1) is 8.93. The molecule has 0 fully saturated rings. The van der Waals surface area contributed by atoms with Crippen molar-refractivity contribution in [3.8, 4) is 0 Å². The Morgan fingerprint density at radius 2 is 1.84 bits per heavy atom. The van der Waals surface area contributed by atoms with Crippen molar-refractivity contribution in [2.75, 3.05) is 4.31 Å². The van der Waals surface area contributed by atoms with E-state index in [9.17, 15) is 8.42 Å². The van der Waals surface area contributed by atoms with Gasteiger partial charge < -0.3 is 0 Å². The molecule has 7 heteroatoms. The molecule has 0 saturated heterocycles. The van der Waals surface area contributed by atoms with Crippen LogP contribution in [-0.4, -0.2) is 29.9 Å². The molecule has 0 unspecified atom stereocenters. The number of nitrogens with zero attached hydrogens (tertiary/aromatic N) is 3. The van der Waals surface area contributed by atoms with Gasteiger partial charge in [0.25, 0.3) is 10.0 Å². The number of rotatable bonds is 4. The molecule has 1 N–H and O–H groups in total. The van der Waals surface area contributed by atoms with E-state index in [1.165, 1.54) is 10.5 Å². The smallest absolute Gasteiger partial charge is 0.244 e. The van der Waals surface area contributed by atoms with Gasteiger partial charge in [-0.05, 0) is 32.9 Å². The number of nitrogens with one attached hydrogen (secondary N) is 1. The Morgan fingerprint density at radius 1 is 1.21 bits per heavy atom. The molecule has 0 amide bonds. The molecule has 0 aliphatic carbocycles. The van der Waals surface area contributed by atoms with E-state index in [0.29, 0.717) is 0 Å². The number of H-pyrrole nitrogens is 1. The summed E-state index contributed by atoms with van der Waals surface area (Å²) in [5.74, 6) is 0.288. The van der Waals surface area contributed by atoms with E-state index in [1.807, 2.05) is 6.92 Å². The van der Waals surface area contributed by atoms with Gasteiger partial charge in [0.1, 0.15) is 0 Å². The zero-order valence-electron chi connectivity index (χ0n) is 11.0. The summed E-state index contributed by atoms with van der Waals surface area (Å²) >= 11 is 0. The first-order valence-electron chi connectivity index (χ1n) is 5.90. The van der Waals surface area contributed by atoms with Crippen LogP contribution in [0.5, 0.6) is 0 Å². The quantitative estimate of drug-likeness (QED) is 0.924. The Balaban J connectivity index is 2.49. The molecular weight excluding hydrogens is 264 g/mol. The highest BCUT2D eigenvalue weighted by Gasteiger charge is 2.28. The molecule has 1 aromatic heterocycles. The number of benzene rings is 1. The lowest BCUT2D eigenvalue weighted by Crippen LogP contribution is -2.37. The average Bonchev–Trinajstić information content (AvgIpc) is 2.82. The zero-order chi connectivity index (χ0) is 14.0. The number of anilines is 1. The lowest BCUT2D eigenvalue weighted by molar-refractivity contribution is 0.583. The monoisotopic (exact) mass is 280 g/mol. The van der Waals surface area contributed by atoms with Crippen LogP contribution in [0.4, 0.5) is 5.82 Å². The van der Waals surface area contributed by atoms with Crippen LogP contribution in [-0.2, 0) is 10.0 Å². The van der Waals surface area contributed by atoms with Gasteiger partial charge in [0.2, 0.25) is 0 Å². The summed E-state index contributed by atoms with van der Waals surface area (Å²) in [5.41, 5.74) is 1.01. The molecule has 6 nitrogen and oxygen atoms in total. The van der Waals surface area contributed by atoms with Gasteiger partial charge in [0, 0.05) is 6.04 Å². The van der Waals surface area contributed by atoms with Crippen LogP contribution in [0.3, 0.4) is 0 Å². The second kappa shape index (κ2) is 5.00. The van der Waals surface area contributed by atoms with Gasteiger partial charge in [0.15, 0.2) is 5.82 Å². The second-order valence-corrected chi connectivity index (χ2v) is 6.35. The van der Waals surface area contributed by atoms with E-state index >= 15 is 0 Å². The fraction of sp³-hybridized carbons (Fsp3) is 0.333. The maximum absolute atomic E-state index is 12.6. The Hall–Kier alpha value is -1.89. The van der Waals surface area contributed by atoms with Gasteiger partial charge in [-0.2, -0.15) is 10.3 Å². The van der Waals surface area contributed by atoms with Crippen molar-refractivity contribution in [1.82, 2.24) is 15.4 Å². The standard InChI is InChI=1S/C12H16N4O2S/c1-9(2)16(12-8-13-15-14-12)19(17,18)11-6-4-10(3)5-7-11/h4-9H,1-3H3,(H,13,14,15). The van der Waals surface area contributed by atoms with Crippen LogP contribution in [0.1, 0.15) is 19.4 Å². The summed E-state index contributed by atoms with van der Waals surface area (Å²) in [6.45, 7) is 5.50. The molecule has 1 heterocycles. The Labute approximate surface area is 112 Å². The summed E-state index contributed by atoms with van der Waals surface area (Å²) in [6, 6.07) is 6.49. The summed E-state index contributed by atoms with van der Waals surface area (Å²) in [6.07, 6.45) is 1.39. The molecule has 102 valence electrons. The van der Waals surface area contributed by atoms with Crippen molar-refractivity contribution < 1.29 is 8.42 Å². The molecule has 2 aromatic rings. The molecule has 19 heavy (non-hydrogen) atoms. The van der Waals surface area contributed by atoms with Crippen molar-refractivity contribution in [2.24, 2.45) is 0 Å². The van der Waals surface area contributed by atoms with Gasteiger partial charge in [-0.25, -0.2) is 12.7 Å². The van der Waals surface area contributed by atoms with Crippen LogP contribution in [0.15, 0.2) is 35.4 Å². The first-order valence-corrected chi connectivity index (χ1v) is 7.34. The molecule has 2 rings (SSSR count). The molecule has 0 spiro atoms. The number of hydrogen-bond donors (Lipinski definition) is 1. The molecular formula is C12H16N4O2S. The SMILES string of the molecule is Cc1ccc(S(=O)(=O)N(c2cn[nH]n2)C(C)C)cc1. The summed E-state index contributed by atoms with van der Waals surface area (Å²) in [5, 5.41) is 9.95. The number of aryl methyl sites for hydroxylation is 1. The van der Waals surface area contributed by atoms with Crippen molar-refractivity contribution in [1.29, 1.82) is 0 Å². The van der Waals surface area contributed by atoms with Crippen molar-refractivity contribution in [3.63, 3.8) is 0 Å². The van der Waals surface area contributed by atoms with Gasteiger partial charge in [0.05, 0.1) is 11.1 Å². The minimum atomic E-state index is -3.63. The molecule has 0 atom stereocenters. The lowest BCUT2D eigenvalue weighted by atomic mass is 10.2. The Bertz CT molecular complexity index is 633. The van der Waals surface area contributed by atoms with Crippen molar-refractivity contribution in [2.45, 2.75) is 31.7 Å². The van der Waals surface area contributed by atoms with E-state index in [1.54, 1.807) is 38.1 Å². The van der Waals surface area contributed by atoms with Gasteiger partial charge >= 0.3 is 0 Å². The van der Waals surface area contributed by atoms with Crippen LogP contribution in [0.2, 0.25) is 0 Å². The van der Waals surface area contributed by atoms with Gasteiger partial charge in [-0.15, -0.1) is 5.10 Å². The summed E-state index contributed by atoms with van der Waals surface area (Å²) in [7, 11) is -3.63. The third-order valence-corrected chi connectivity index (χ3v) is 4.67. The normalized spacial score (nSPS) is 11.8. The molecule has 0 aliphatic heterocycles. The topological polar surface area (TPSA) is 79.0 Å². The number of hydrogen-bond acceptors (Lipinski definition) is 4. The Kier molecular flexibility index (Phi) is 3.57. The van der Waals surface area contributed by atoms with Crippen LogP contribution < -0.4 is 4.31 Å². The number of aromatic nitrogens is 3. The minimum Gasteiger partial charge on any atom is -0.244 e. The lowest BCUT2D eigenvalue weighted by Gasteiger charge is -2.25. The fourth-order valence-electron chi connectivity index (χ4n) is 1.79. The van der Waals surface area contributed by atoms with E-state index in [-0.39, 0.29) is 16.8 Å². The zero-order valence-corrected chi connectivity index (χ0v) is 11.8. The summed E-state index contributed by atoms with van der Waals surface area (Å²) in [4.78, 5) is 0.245. The van der Waals surface area contributed by atoms with Crippen molar-refractivity contribution >= 4 is 15.8 Å². The van der Waals surface area contributed by atoms with E-state index in [2.05, 4.69) is 15.4 Å². The third-order valence-electron chi connectivity index (χ3n) is 2.67. The predicted octanol–water partition coefficient (Wildman–Crippen LogP) is 1.72. The molecule has 0 bridgehead atoms. The number of aromatic amines is 1. The van der Waals surface area contributed by atoms with E-state index in [0.717, 1.165) is 5.56 Å². The average molecular weight is 280 g/mol. The first kappa shape index (κ1) is 13.5. The highest BCUT2D eigenvalue weighted by Crippen LogP contribution is 2.23. The predicted molar refractivity (Wildman–Crippen MR) is 72.4 cm³/mol.